The van der Waals surface area contributed by atoms with Crippen LogP contribution in [0.25, 0.3) is 10.9 Å². The summed E-state index contributed by atoms with van der Waals surface area (Å²) in [6.07, 6.45) is 8.77. The molecule has 0 N–H and O–H groups in total. The molecule has 28 heavy (non-hydrogen) atoms. The lowest BCUT2D eigenvalue weighted by Gasteiger charge is -2.16. The van der Waals surface area contributed by atoms with Gasteiger partial charge < -0.3 is 4.52 Å². The van der Waals surface area contributed by atoms with Gasteiger partial charge in [-0.25, -0.2) is 4.98 Å². The van der Waals surface area contributed by atoms with Gasteiger partial charge in [-0.1, -0.05) is 47.6 Å². The van der Waals surface area contributed by atoms with E-state index >= 15 is 0 Å². The molecule has 1 aliphatic carbocycles. The molecule has 3 aromatic rings. The second-order valence-electron chi connectivity index (χ2n) is 6.97. The maximum atomic E-state index is 13.1. The molecule has 0 saturated carbocycles. The van der Waals surface area contributed by atoms with Crippen LogP contribution in [0.3, 0.4) is 0 Å². The maximum Gasteiger partial charge on any atom is 0.262 e. The highest BCUT2D eigenvalue weighted by Crippen LogP contribution is 2.24. The summed E-state index contributed by atoms with van der Waals surface area (Å²) in [7, 11) is 0. The molecule has 0 fully saturated rings. The predicted molar refractivity (Wildman–Crippen MR) is 110 cm³/mol. The lowest BCUT2D eigenvalue weighted by atomic mass is 9.97. The summed E-state index contributed by atoms with van der Waals surface area (Å²) >= 11 is 1.48. The van der Waals surface area contributed by atoms with Crippen LogP contribution in [0.4, 0.5) is 0 Å². The number of aryl methyl sites for hydroxylation is 1. The van der Waals surface area contributed by atoms with Gasteiger partial charge in [-0.05, 0) is 44.2 Å². The van der Waals surface area contributed by atoms with Crippen molar-refractivity contribution >= 4 is 22.7 Å². The molecule has 7 heteroatoms. The van der Waals surface area contributed by atoms with Crippen LogP contribution in [-0.2, 0) is 18.7 Å². The number of hydrogen-bond acceptors (Lipinski definition) is 6. The Morgan fingerprint density at radius 1 is 1.21 bits per heavy atom. The van der Waals surface area contributed by atoms with Crippen molar-refractivity contribution in [1.82, 2.24) is 19.7 Å². The maximum absolute atomic E-state index is 13.1. The molecule has 0 spiro atoms. The quantitative estimate of drug-likeness (QED) is 0.332. The highest BCUT2D eigenvalue weighted by Gasteiger charge is 2.14. The molecule has 2 heterocycles. The normalized spacial score (nSPS) is 14.4. The van der Waals surface area contributed by atoms with E-state index in [0.29, 0.717) is 34.6 Å². The Kier molecular flexibility index (Phi) is 5.90. The van der Waals surface area contributed by atoms with Crippen molar-refractivity contribution in [2.75, 3.05) is 0 Å². The zero-order valence-electron chi connectivity index (χ0n) is 16.1. The van der Waals surface area contributed by atoms with Crippen molar-refractivity contribution in [3.8, 4) is 0 Å². The summed E-state index contributed by atoms with van der Waals surface area (Å²) in [6.45, 7) is 2.64. The Labute approximate surface area is 168 Å². The fraction of sp³-hybridized carbons (Fsp3) is 0.429. The first-order chi connectivity index (χ1) is 13.7. The number of rotatable bonds is 7. The van der Waals surface area contributed by atoms with Gasteiger partial charge >= 0.3 is 0 Å². The Morgan fingerprint density at radius 2 is 2.11 bits per heavy atom. The van der Waals surface area contributed by atoms with Crippen LogP contribution in [0.5, 0.6) is 0 Å². The molecule has 4 rings (SSSR count). The van der Waals surface area contributed by atoms with E-state index in [2.05, 4.69) is 16.2 Å². The second-order valence-corrected chi connectivity index (χ2v) is 7.92. The number of allylic oxidation sites excluding steroid dienone is 2. The number of benzene rings is 1. The van der Waals surface area contributed by atoms with Crippen molar-refractivity contribution in [3.63, 3.8) is 0 Å². The first-order valence-electron chi connectivity index (χ1n) is 9.86. The first kappa shape index (κ1) is 18.9. The molecule has 2 aromatic heterocycles. The van der Waals surface area contributed by atoms with Gasteiger partial charge in [0.2, 0.25) is 5.89 Å². The number of para-hydroxylation sites is 1. The van der Waals surface area contributed by atoms with E-state index in [4.69, 9.17) is 9.51 Å². The average Bonchev–Trinajstić information content (AvgIpc) is 3.21. The smallest absolute Gasteiger partial charge is 0.262 e. The van der Waals surface area contributed by atoms with E-state index < -0.39 is 0 Å². The molecule has 6 nitrogen and oxygen atoms in total. The van der Waals surface area contributed by atoms with Gasteiger partial charge in [-0.3, -0.25) is 9.36 Å². The minimum absolute atomic E-state index is 0.0179. The summed E-state index contributed by atoms with van der Waals surface area (Å²) < 4.78 is 7.09. The molecule has 0 atom stereocenters. The van der Waals surface area contributed by atoms with Crippen molar-refractivity contribution in [2.45, 2.75) is 62.9 Å². The number of nitrogens with zero attached hydrogens (tertiary/aromatic N) is 4. The minimum atomic E-state index is 0.0179. The van der Waals surface area contributed by atoms with E-state index in [9.17, 15) is 4.79 Å². The van der Waals surface area contributed by atoms with Crippen LogP contribution < -0.4 is 5.56 Å². The van der Waals surface area contributed by atoms with Gasteiger partial charge in [0, 0.05) is 13.0 Å². The van der Waals surface area contributed by atoms with Gasteiger partial charge in [-0.2, -0.15) is 4.98 Å². The number of aromatic nitrogens is 4. The molecule has 0 radical (unpaired) electrons. The first-order valence-corrected chi connectivity index (χ1v) is 10.8. The van der Waals surface area contributed by atoms with Crippen molar-refractivity contribution in [3.05, 3.63) is 58.0 Å². The van der Waals surface area contributed by atoms with E-state index in [1.807, 2.05) is 31.2 Å². The lowest BCUT2D eigenvalue weighted by Crippen LogP contribution is -2.24. The zero-order valence-corrected chi connectivity index (χ0v) is 16.9. The second kappa shape index (κ2) is 8.73. The number of hydrogen-bond donors (Lipinski definition) is 0. The van der Waals surface area contributed by atoms with Crippen LogP contribution in [0.15, 0.2) is 50.4 Å². The molecule has 0 aliphatic heterocycles. The van der Waals surface area contributed by atoms with Crippen molar-refractivity contribution in [1.29, 1.82) is 0 Å². The van der Waals surface area contributed by atoms with Crippen LogP contribution in [0, 0.1) is 0 Å². The van der Waals surface area contributed by atoms with Gasteiger partial charge in [0.1, 0.15) is 0 Å². The fourth-order valence-corrected chi connectivity index (χ4v) is 4.32. The fourth-order valence-electron chi connectivity index (χ4n) is 3.46. The summed E-state index contributed by atoms with van der Waals surface area (Å²) in [5, 5.41) is 5.31. The van der Waals surface area contributed by atoms with Crippen molar-refractivity contribution in [2.24, 2.45) is 0 Å². The van der Waals surface area contributed by atoms with Crippen LogP contribution in [0.1, 0.15) is 50.7 Å². The minimum Gasteiger partial charge on any atom is -0.338 e. The van der Waals surface area contributed by atoms with Crippen LogP contribution in [-0.4, -0.2) is 19.7 Å². The van der Waals surface area contributed by atoms with Crippen LogP contribution >= 0.6 is 11.8 Å². The van der Waals surface area contributed by atoms with Gasteiger partial charge in [0.25, 0.3) is 5.56 Å². The summed E-state index contributed by atoms with van der Waals surface area (Å²) in [5.74, 6) is 1.76. The van der Waals surface area contributed by atoms with Crippen molar-refractivity contribution < 1.29 is 4.52 Å². The van der Waals surface area contributed by atoms with Crippen LogP contribution in [0.2, 0.25) is 0 Å². The monoisotopic (exact) mass is 396 g/mol. The molecule has 1 aliphatic rings. The third-order valence-corrected chi connectivity index (χ3v) is 5.98. The molecular weight excluding hydrogens is 372 g/mol. The Morgan fingerprint density at radius 3 is 2.89 bits per heavy atom. The summed E-state index contributed by atoms with van der Waals surface area (Å²) in [5.41, 5.74) is 2.19. The molecular formula is C21H24N4O2S. The van der Waals surface area contributed by atoms with E-state index in [-0.39, 0.29) is 5.56 Å². The third kappa shape index (κ3) is 4.19. The molecule has 0 bridgehead atoms. The molecule has 1 aromatic carbocycles. The van der Waals surface area contributed by atoms with E-state index in [1.165, 1.54) is 30.2 Å². The van der Waals surface area contributed by atoms with Gasteiger partial charge in [-0.15, -0.1) is 0 Å². The van der Waals surface area contributed by atoms with Gasteiger partial charge in [0.15, 0.2) is 11.0 Å². The molecule has 0 amide bonds. The number of thioether (sulfide) groups is 1. The number of fused-ring (bicyclic) bond motifs is 1. The zero-order chi connectivity index (χ0) is 19.3. The Balaban J connectivity index is 1.62. The molecule has 0 unspecified atom stereocenters. The highest BCUT2D eigenvalue weighted by molar-refractivity contribution is 7.98. The molecule has 0 saturated heterocycles. The Bertz CT molecular complexity index is 1050. The topological polar surface area (TPSA) is 73.8 Å². The predicted octanol–water partition coefficient (Wildman–Crippen LogP) is 4.52. The largest absolute Gasteiger partial charge is 0.338 e. The SMILES string of the molecule is CCc1noc(CSc2nc3ccccc3c(=O)n2CCC2=CCCCC2)n1. The standard InChI is InChI=1S/C21H24N4O2S/c1-2-18-23-19(27-24-18)14-28-21-22-17-11-7-6-10-16(17)20(26)25(21)13-12-15-8-4-3-5-9-15/h6-8,10-11H,2-5,9,12-14H2,1H3. The van der Waals surface area contributed by atoms with Gasteiger partial charge in [0.05, 0.1) is 16.7 Å². The summed E-state index contributed by atoms with van der Waals surface area (Å²) in [4.78, 5) is 22.2. The highest BCUT2D eigenvalue weighted by atomic mass is 32.2. The average molecular weight is 397 g/mol. The third-order valence-electron chi connectivity index (χ3n) is 5.02. The summed E-state index contributed by atoms with van der Waals surface area (Å²) in [6, 6.07) is 7.53. The van der Waals surface area contributed by atoms with E-state index in [1.54, 1.807) is 4.57 Å². The Hall–Kier alpha value is -2.41. The molecule has 146 valence electrons. The lowest BCUT2D eigenvalue weighted by molar-refractivity contribution is 0.385. The van der Waals surface area contributed by atoms with E-state index in [0.717, 1.165) is 31.2 Å².